The largest absolute Gasteiger partial charge is 0.483 e. The molecule has 0 bridgehead atoms. The summed E-state index contributed by atoms with van der Waals surface area (Å²) in [6.45, 7) is 0.00554. The van der Waals surface area contributed by atoms with E-state index >= 15 is 0 Å². The zero-order valence-corrected chi connectivity index (χ0v) is 15.5. The van der Waals surface area contributed by atoms with E-state index in [0.717, 1.165) is 33.0 Å². The Balaban J connectivity index is 1.61. The van der Waals surface area contributed by atoms with E-state index < -0.39 is 0 Å². The molecule has 120 valence electrons. The number of thioether (sulfide) groups is 2. The number of carbonyl (C=O) groups is 1. The number of nitrogens with one attached hydrogen (secondary N) is 1. The van der Waals surface area contributed by atoms with Crippen molar-refractivity contribution in [2.24, 2.45) is 0 Å². The SMILES string of the molecule is O=C(COc1ccccc1C1SCCS1)Nc1cccc(Br)c1. The van der Waals surface area contributed by atoms with Gasteiger partial charge in [0, 0.05) is 27.2 Å². The summed E-state index contributed by atoms with van der Waals surface area (Å²) < 4.78 is 7.09. The van der Waals surface area contributed by atoms with Gasteiger partial charge >= 0.3 is 0 Å². The molecule has 0 aromatic heterocycles. The van der Waals surface area contributed by atoms with E-state index in [1.807, 2.05) is 66.0 Å². The van der Waals surface area contributed by atoms with Crippen molar-refractivity contribution in [3.8, 4) is 5.75 Å². The molecule has 1 amide bonds. The molecule has 1 fully saturated rings. The molecular formula is C17H16BrNO2S2. The Labute approximate surface area is 152 Å². The molecule has 0 aliphatic carbocycles. The van der Waals surface area contributed by atoms with Gasteiger partial charge in [-0.1, -0.05) is 40.2 Å². The number of hydrogen-bond acceptors (Lipinski definition) is 4. The van der Waals surface area contributed by atoms with Crippen molar-refractivity contribution < 1.29 is 9.53 Å². The molecule has 2 aromatic carbocycles. The highest BCUT2D eigenvalue weighted by Crippen LogP contribution is 2.48. The molecule has 0 atom stereocenters. The van der Waals surface area contributed by atoms with Crippen molar-refractivity contribution in [2.45, 2.75) is 4.58 Å². The minimum absolute atomic E-state index is 0.00554. The summed E-state index contributed by atoms with van der Waals surface area (Å²) in [4.78, 5) is 12.1. The first kappa shape index (κ1) is 16.7. The smallest absolute Gasteiger partial charge is 0.262 e. The highest BCUT2D eigenvalue weighted by molar-refractivity contribution is 9.10. The monoisotopic (exact) mass is 409 g/mol. The van der Waals surface area contributed by atoms with Crippen LogP contribution < -0.4 is 10.1 Å². The van der Waals surface area contributed by atoms with E-state index in [4.69, 9.17) is 4.74 Å². The van der Waals surface area contributed by atoms with E-state index in [2.05, 4.69) is 27.3 Å². The molecule has 0 saturated carbocycles. The van der Waals surface area contributed by atoms with Gasteiger partial charge in [0.15, 0.2) is 6.61 Å². The molecule has 1 heterocycles. The van der Waals surface area contributed by atoms with Crippen LogP contribution in [0.4, 0.5) is 5.69 Å². The Morgan fingerprint density at radius 2 is 1.96 bits per heavy atom. The first-order valence-electron chi connectivity index (χ1n) is 7.23. The van der Waals surface area contributed by atoms with Crippen LogP contribution in [-0.4, -0.2) is 24.0 Å². The standard InChI is InChI=1S/C17H16BrNO2S2/c18-12-4-3-5-13(10-12)19-16(20)11-21-15-7-2-1-6-14(15)17-22-8-9-23-17/h1-7,10,17H,8-9,11H2,(H,19,20). The normalized spacial score (nSPS) is 14.7. The number of para-hydroxylation sites is 1. The summed E-state index contributed by atoms with van der Waals surface area (Å²) in [5, 5.41) is 2.84. The lowest BCUT2D eigenvalue weighted by atomic mass is 10.2. The highest BCUT2D eigenvalue weighted by Gasteiger charge is 2.21. The third kappa shape index (κ3) is 4.68. The third-order valence-corrected chi connectivity index (χ3v) is 6.82. The highest BCUT2D eigenvalue weighted by atomic mass is 79.9. The second-order valence-corrected chi connectivity index (χ2v) is 8.60. The molecule has 3 rings (SSSR count). The molecule has 0 unspecified atom stereocenters. The van der Waals surface area contributed by atoms with E-state index in [1.54, 1.807) is 0 Å². The van der Waals surface area contributed by atoms with Gasteiger partial charge in [-0.3, -0.25) is 4.79 Å². The van der Waals surface area contributed by atoms with Crippen LogP contribution in [0.2, 0.25) is 0 Å². The number of hydrogen-bond donors (Lipinski definition) is 1. The summed E-state index contributed by atoms with van der Waals surface area (Å²) >= 11 is 7.24. The molecule has 0 radical (unpaired) electrons. The van der Waals surface area contributed by atoms with Crippen LogP contribution in [0.25, 0.3) is 0 Å². The molecule has 3 nitrogen and oxygen atoms in total. The van der Waals surface area contributed by atoms with Crippen molar-refractivity contribution in [1.82, 2.24) is 0 Å². The Morgan fingerprint density at radius 1 is 1.17 bits per heavy atom. The second kappa shape index (κ2) is 8.13. The predicted molar refractivity (Wildman–Crippen MR) is 102 cm³/mol. The van der Waals surface area contributed by atoms with Crippen molar-refractivity contribution in [1.29, 1.82) is 0 Å². The van der Waals surface area contributed by atoms with Crippen LogP contribution in [0.1, 0.15) is 10.1 Å². The maximum atomic E-state index is 12.1. The molecular weight excluding hydrogens is 394 g/mol. The van der Waals surface area contributed by atoms with Gasteiger partial charge in [-0.15, -0.1) is 23.5 Å². The van der Waals surface area contributed by atoms with Gasteiger partial charge in [0.25, 0.3) is 5.91 Å². The number of ether oxygens (including phenoxy) is 1. The van der Waals surface area contributed by atoms with E-state index in [1.165, 1.54) is 0 Å². The molecule has 0 spiro atoms. The minimum Gasteiger partial charge on any atom is -0.483 e. The lowest BCUT2D eigenvalue weighted by Gasteiger charge is -2.15. The van der Waals surface area contributed by atoms with Crippen LogP contribution in [0.5, 0.6) is 5.75 Å². The van der Waals surface area contributed by atoms with E-state index in [0.29, 0.717) is 4.58 Å². The Morgan fingerprint density at radius 3 is 2.74 bits per heavy atom. The quantitative estimate of drug-likeness (QED) is 0.758. The maximum Gasteiger partial charge on any atom is 0.262 e. The first-order chi connectivity index (χ1) is 11.2. The Kier molecular flexibility index (Phi) is 5.91. The van der Waals surface area contributed by atoms with Crippen molar-refractivity contribution in [2.75, 3.05) is 23.4 Å². The van der Waals surface area contributed by atoms with Crippen molar-refractivity contribution in [3.05, 3.63) is 58.6 Å². The van der Waals surface area contributed by atoms with Gasteiger partial charge in [-0.2, -0.15) is 0 Å². The van der Waals surface area contributed by atoms with Crippen LogP contribution in [0.15, 0.2) is 53.0 Å². The number of benzene rings is 2. The Bertz CT molecular complexity index is 690. The zero-order chi connectivity index (χ0) is 16.1. The van der Waals surface area contributed by atoms with Crippen LogP contribution >= 0.6 is 39.5 Å². The van der Waals surface area contributed by atoms with Crippen LogP contribution in [-0.2, 0) is 4.79 Å². The lowest BCUT2D eigenvalue weighted by molar-refractivity contribution is -0.118. The number of halogens is 1. The lowest BCUT2D eigenvalue weighted by Crippen LogP contribution is -2.20. The topological polar surface area (TPSA) is 38.3 Å². The van der Waals surface area contributed by atoms with E-state index in [9.17, 15) is 4.79 Å². The minimum atomic E-state index is -0.162. The molecule has 1 aliphatic rings. The number of rotatable bonds is 5. The Hall–Kier alpha value is -1.11. The fraction of sp³-hybridized carbons (Fsp3) is 0.235. The molecule has 1 aliphatic heterocycles. The fourth-order valence-electron chi connectivity index (χ4n) is 2.25. The van der Waals surface area contributed by atoms with E-state index in [-0.39, 0.29) is 12.5 Å². The summed E-state index contributed by atoms with van der Waals surface area (Å²) in [5.41, 5.74) is 1.92. The van der Waals surface area contributed by atoms with Gasteiger partial charge in [-0.25, -0.2) is 0 Å². The maximum absolute atomic E-state index is 12.1. The summed E-state index contributed by atoms with van der Waals surface area (Å²) in [6, 6.07) is 15.5. The van der Waals surface area contributed by atoms with Gasteiger partial charge in [-0.05, 0) is 24.3 Å². The average molecular weight is 410 g/mol. The fourth-order valence-corrected chi connectivity index (χ4v) is 5.56. The summed E-state index contributed by atoms with van der Waals surface area (Å²) in [6.07, 6.45) is 0. The van der Waals surface area contributed by atoms with Gasteiger partial charge < -0.3 is 10.1 Å². The zero-order valence-electron chi connectivity index (χ0n) is 12.3. The molecule has 23 heavy (non-hydrogen) atoms. The van der Waals surface area contributed by atoms with Crippen LogP contribution in [0.3, 0.4) is 0 Å². The average Bonchev–Trinajstić information content (AvgIpc) is 3.07. The number of anilines is 1. The van der Waals surface area contributed by atoms with Crippen molar-refractivity contribution >= 4 is 51.0 Å². The molecule has 2 aromatic rings. The van der Waals surface area contributed by atoms with Crippen LogP contribution in [0, 0.1) is 0 Å². The number of carbonyl (C=O) groups excluding carboxylic acids is 1. The molecule has 1 N–H and O–H groups in total. The summed E-state index contributed by atoms with van der Waals surface area (Å²) in [5.74, 6) is 2.95. The molecule has 1 saturated heterocycles. The second-order valence-electron chi connectivity index (χ2n) is 4.96. The summed E-state index contributed by atoms with van der Waals surface area (Å²) in [7, 11) is 0. The third-order valence-electron chi connectivity index (χ3n) is 3.26. The van der Waals surface area contributed by atoms with Gasteiger partial charge in [0.05, 0.1) is 4.58 Å². The molecule has 6 heteroatoms. The van der Waals surface area contributed by atoms with Crippen molar-refractivity contribution in [3.63, 3.8) is 0 Å². The van der Waals surface area contributed by atoms with Gasteiger partial charge in [0.2, 0.25) is 0 Å². The first-order valence-corrected chi connectivity index (χ1v) is 10.1. The predicted octanol–water partition coefficient (Wildman–Crippen LogP) is 4.95. The van der Waals surface area contributed by atoms with Gasteiger partial charge in [0.1, 0.15) is 5.75 Å². The number of amides is 1.